The SMILES string of the molecule is O=CC[C@@H](Cc1ccccc1)n1cc(-c2ccccc2)c2ccccc21. The van der Waals surface area contributed by atoms with Crippen molar-refractivity contribution < 1.29 is 4.79 Å². The molecule has 0 unspecified atom stereocenters. The second-order valence-electron chi connectivity index (χ2n) is 6.58. The fraction of sp³-hybridized carbons (Fsp3) is 0.125. The van der Waals surface area contributed by atoms with E-state index in [9.17, 15) is 4.79 Å². The largest absolute Gasteiger partial charge is 0.343 e. The van der Waals surface area contributed by atoms with Gasteiger partial charge in [-0.3, -0.25) is 0 Å². The Balaban J connectivity index is 1.82. The van der Waals surface area contributed by atoms with Crippen molar-refractivity contribution in [2.45, 2.75) is 18.9 Å². The first-order valence-electron chi connectivity index (χ1n) is 8.99. The summed E-state index contributed by atoms with van der Waals surface area (Å²) in [7, 11) is 0. The van der Waals surface area contributed by atoms with E-state index < -0.39 is 0 Å². The van der Waals surface area contributed by atoms with Gasteiger partial charge in [0.2, 0.25) is 0 Å². The molecule has 0 aliphatic carbocycles. The zero-order valence-corrected chi connectivity index (χ0v) is 14.6. The number of aldehydes is 1. The van der Waals surface area contributed by atoms with Gasteiger partial charge in [-0.15, -0.1) is 0 Å². The number of carbonyl (C=O) groups excluding carboxylic acids is 1. The number of rotatable bonds is 6. The van der Waals surface area contributed by atoms with E-state index in [4.69, 9.17) is 0 Å². The molecule has 0 amide bonds. The highest BCUT2D eigenvalue weighted by atomic mass is 16.1. The lowest BCUT2D eigenvalue weighted by Crippen LogP contribution is -2.11. The number of benzene rings is 3. The van der Waals surface area contributed by atoms with Gasteiger partial charge in [-0.05, 0) is 23.6 Å². The second-order valence-corrected chi connectivity index (χ2v) is 6.58. The van der Waals surface area contributed by atoms with Crippen molar-refractivity contribution in [3.63, 3.8) is 0 Å². The summed E-state index contributed by atoms with van der Waals surface area (Å²) in [5, 5.41) is 1.22. The summed E-state index contributed by atoms with van der Waals surface area (Å²) in [5.41, 5.74) is 4.84. The molecule has 2 nitrogen and oxygen atoms in total. The Kier molecular flexibility index (Phi) is 4.65. The van der Waals surface area contributed by atoms with Crippen LogP contribution < -0.4 is 0 Å². The third kappa shape index (κ3) is 3.18. The van der Waals surface area contributed by atoms with E-state index in [1.54, 1.807) is 0 Å². The molecule has 0 aliphatic heterocycles. The van der Waals surface area contributed by atoms with Gasteiger partial charge >= 0.3 is 0 Å². The van der Waals surface area contributed by atoms with Gasteiger partial charge in [-0.1, -0.05) is 78.9 Å². The summed E-state index contributed by atoms with van der Waals surface area (Å²) in [6, 6.07) is 29.4. The first-order valence-corrected chi connectivity index (χ1v) is 8.99. The van der Waals surface area contributed by atoms with Crippen molar-refractivity contribution in [3.05, 3.63) is 96.7 Å². The summed E-state index contributed by atoms with van der Waals surface area (Å²) in [6.45, 7) is 0. The Labute approximate surface area is 153 Å². The number of para-hydroxylation sites is 1. The molecule has 2 heteroatoms. The zero-order chi connectivity index (χ0) is 17.8. The van der Waals surface area contributed by atoms with Crippen LogP contribution in [-0.2, 0) is 11.2 Å². The molecule has 3 aromatic carbocycles. The Hall–Kier alpha value is -3.13. The van der Waals surface area contributed by atoms with Gasteiger partial charge in [0.15, 0.2) is 0 Å². The average Bonchev–Trinajstić information content (AvgIpc) is 3.09. The molecule has 0 fully saturated rings. The van der Waals surface area contributed by atoms with Crippen LogP contribution in [0.4, 0.5) is 0 Å². The van der Waals surface area contributed by atoms with Gasteiger partial charge in [-0.2, -0.15) is 0 Å². The van der Waals surface area contributed by atoms with Gasteiger partial charge in [-0.25, -0.2) is 0 Å². The minimum absolute atomic E-state index is 0.109. The summed E-state index contributed by atoms with van der Waals surface area (Å²) in [5.74, 6) is 0. The van der Waals surface area contributed by atoms with Crippen molar-refractivity contribution >= 4 is 17.2 Å². The number of aromatic nitrogens is 1. The first-order chi connectivity index (χ1) is 12.9. The number of nitrogens with zero attached hydrogens (tertiary/aromatic N) is 1. The molecule has 1 atom stereocenters. The van der Waals surface area contributed by atoms with Gasteiger partial charge in [0.1, 0.15) is 6.29 Å². The van der Waals surface area contributed by atoms with Crippen LogP contribution in [0.5, 0.6) is 0 Å². The van der Waals surface area contributed by atoms with E-state index in [0.717, 1.165) is 12.7 Å². The highest BCUT2D eigenvalue weighted by Gasteiger charge is 2.17. The fourth-order valence-corrected chi connectivity index (χ4v) is 3.65. The molecule has 26 heavy (non-hydrogen) atoms. The summed E-state index contributed by atoms with van der Waals surface area (Å²) >= 11 is 0. The lowest BCUT2D eigenvalue weighted by molar-refractivity contribution is -0.108. The molecule has 0 aliphatic rings. The predicted molar refractivity (Wildman–Crippen MR) is 107 cm³/mol. The van der Waals surface area contributed by atoms with E-state index in [2.05, 4.69) is 83.6 Å². The Morgan fingerprint density at radius 2 is 1.46 bits per heavy atom. The topological polar surface area (TPSA) is 22.0 Å². The zero-order valence-electron chi connectivity index (χ0n) is 14.6. The van der Waals surface area contributed by atoms with Crippen LogP contribution in [-0.4, -0.2) is 10.9 Å². The molecule has 0 radical (unpaired) electrons. The third-order valence-electron chi connectivity index (χ3n) is 4.90. The van der Waals surface area contributed by atoms with Crippen LogP contribution in [0.25, 0.3) is 22.0 Å². The molecule has 0 saturated carbocycles. The minimum Gasteiger partial charge on any atom is -0.343 e. The molecule has 0 spiro atoms. The molecule has 4 aromatic rings. The number of hydrogen-bond acceptors (Lipinski definition) is 1. The predicted octanol–water partition coefficient (Wildman–Crippen LogP) is 5.68. The van der Waals surface area contributed by atoms with Gasteiger partial charge < -0.3 is 9.36 Å². The van der Waals surface area contributed by atoms with Gasteiger partial charge in [0, 0.05) is 35.1 Å². The van der Waals surface area contributed by atoms with Crippen molar-refractivity contribution in [1.29, 1.82) is 0 Å². The monoisotopic (exact) mass is 339 g/mol. The van der Waals surface area contributed by atoms with Crippen LogP contribution in [0.2, 0.25) is 0 Å². The van der Waals surface area contributed by atoms with Crippen LogP contribution in [0.15, 0.2) is 91.1 Å². The van der Waals surface area contributed by atoms with E-state index in [0.29, 0.717) is 6.42 Å². The molecule has 1 heterocycles. The molecule has 128 valence electrons. The quantitative estimate of drug-likeness (QED) is 0.414. The smallest absolute Gasteiger partial charge is 0.122 e. The third-order valence-corrected chi connectivity index (χ3v) is 4.90. The lowest BCUT2D eigenvalue weighted by atomic mass is 10.0. The van der Waals surface area contributed by atoms with Crippen molar-refractivity contribution in [1.82, 2.24) is 4.57 Å². The maximum atomic E-state index is 11.4. The summed E-state index contributed by atoms with van der Waals surface area (Å²) in [6.07, 6.45) is 4.58. The van der Waals surface area contributed by atoms with Crippen LogP contribution in [0.1, 0.15) is 18.0 Å². The Morgan fingerprint density at radius 3 is 2.19 bits per heavy atom. The second kappa shape index (κ2) is 7.40. The van der Waals surface area contributed by atoms with Crippen molar-refractivity contribution in [2.24, 2.45) is 0 Å². The van der Waals surface area contributed by atoms with E-state index >= 15 is 0 Å². The standard InChI is InChI=1S/C24H21NO/c26-16-15-21(17-19-9-3-1-4-10-19)25-18-23(20-11-5-2-6-12-20)22-13-7-8-14-24(22)25/h1-14,16,18,21H,15,17H2/t21-/m0/s1. The highest BCUT2D eigenvalue weighted by Crippen LogP contribution is 2.34. The van der Waals surface area contributed by atoms with Gasteiger partial charge in [0.25, 0.3) is 0 Å². The van der Waals surface area contributed by atoms with Crippen LogP contribution >= 0.6 is 0 Å². The van der Waals surface area contributed by atoms with Crippen molar-refractivity contribution in [3.8, 4) is 11.1 Å². The summed E-state index contributed by atoms with van der Waals surface area (Å²) < 4.78 is 2.28. The first kappa shape index (κ1) is 16.3. The van der Waals surface area contributed by atoms with E-state index in [-0.39, 0.29) is 6.04 Å². The fourth-order valence-electron chi connectivity index (χ4n) is 3.65. The van der Waals surface area contributed by atoms with Gasteiger partial charge in [0.05, 0.1) is 0 Å². The molecular weight excluding hydrogens is 318 g/mol. The number of hydrogen-bond donors (Lipinski definition) is 0. The molecule has 0 N–H and O–H groups in total. The maximum absolute atomic E-state index is 11.4. The number of carbonyl (C=O) groups is 1. The Bertz CT molecular complexity index is 1000. The maximum Gasteiger partial charge on any atom is 0.122 e. The normalized spacial score (nSPS) is 12.2. The van der Waals surface area contributed by atoms with Crippen LogP contribution in [0.3, 0.4) is 0 Å². The molecule has 4 rings (SSSR count). The number of fused-ring (bicyclic) bond motifs is 1. The van der Waals surface area contributed by atoms with Crippen LogP contribution in [0, 0.1) is 0 Å². The average molecular weight is 339 g/mol. The van der Waals surface area contributed by atoms with E-state index in [1.165, 1.54) is 27.6 Å². The molecule has 0 saturated heterocycles. The molecular formula is C24H21NO. The minimum atomic E-state index is 0.109. The summed E-state index contributed by atoms with van der Waals surface area (Å²) in [4.78, 5) is 11.4. The highest BCUT2D eigenvalue weighted by molar-refractivity contribution is 5.96. The van der Waals surface area contributed by atoms with Crippen molar-refractivity contribution in [2.75, 3.05) is 0 Å². The molecule has 1 aromatic heterocycles. The lowest BCUT2D eigenvalue weighted by Gasteiger charge is -2.18. The molecule has 0 bridgehead atoms. The van der Waals surface area contributed by atoms with E-state index in [1.807, 2.05) is 12.1 Å². The Morgan fingerprint density at radius 1 is 0.808 bits per heavy atom.